The molecule has 84 valence electrons. The molecule has 0 heterocycles. The highest BCUT2D eigenvalue weighted by Crippen LogP contribution is 2.36. The number of carbonyl (C=O) groups is 1. The predicted molar refractivity (Wildman–Crippen MR) is 47.8 cm³/mol. The fourth-order valence-electron chi connectivity index (χ4n) is 1.31. The van der Waals surface area contributed by atoms with E-state index in [1.165, 1.54) is 6.07 Å². The minimum absolute atomic E-state index is 0.576. The second kappa shape index (κ2) is 3.85. The van der Waals surface area contributed by atoms with Gasteiger partial charge in [0.25, 0.3) is 0 Å². The van der Waals surface area contributed by atoms with Gasteiger partial charge < -0.3 is 5.11 Å². The predicted octanol–water partition coefficient (Wildman–Crippen LogP) is 2.49. The summed E-state index contributed by atoms with van der Waals surface area (Å²) < 4.78 is 37.5. The van der Waals surface area contributed by atoms with E-state index in [4.69, 9.17) is 5.26 Å². The van der Waals surface area contributed by atoms with Gasteiger partial charge in [-0.3, -0.25) is 4.79 Å². The first kappa shape index (κ1) is 12.0. The maximum atomic E-state index is 12.5. The van der Waals surface area contributed by atoms with Gasteiger partial charge >= 0.3 is 6.18 Å². The number of hydrogen-bond donors (Lipinski definition) is 1. The molecule has 6 heteroatoms. The first-order valence-corrected chi connectivity index (χ1v) is 4.13. The molecule has 0 saturated heterocycles. The lowest BCUT2D eigenvalue weighted by Gasteiger charge is -2.12. The van der Waals surface area contributed by atoms with Gasteiger partial charge in [-0.15, -0.1) is 0 Å². The van der Waals surface area contributed by atoms with E-state index in [9.17, 15) is 23.1 Å². The molecule has 0 bridgehead atoms. The third-order valence-electron chi connectivity index (χ3n) is 1.95. The molecular weight excluding hydrogens is 223 g/mol. The van der Waals surface area contributed by atoms with Crippen LogP contribution >= 0.6 is 0 Å². The second-order valence-electron chi connectivity index (χ2n) is 3.05. The van der Waals surface area contributed by atoms with E-state index in [2.05, 4.69) is 0 Å². The van der Waals surface area contributed by atoms with Crippen molar-refractivity contribution < 1.29 is 23.1 Å². The van der Waals surface area contributed by atoms with Crippen LogP contribution in [0, 0.1) is 11.3 Å². The van der Waals surface area contributed by atoms with Gasteiger partial charge in [0.2, 0.25) is 0 Å². The zero-order chi connectivity index (χ0) is 12.5. The van der Waals surface area contributed by atoms with Crippen molar-refractivity contribution in [2.24, 2.45) is 0 Å². The van der Waals surface area contributed by atoms with Crippen LogP contribution < -0.4 is 0 Å². The summed E-state index contributed by atoms with van der Waals surface area (Å²) in [6.45, 7) is 0.908. The monoisotopic (exact) mass is 229 g/mol. The number of ketones is 1. The third-order valence-corrected chi connectivity index (χ3v) is 1.95. The maximum absolute atomic E-state index is 12.5. The van der Waals surface area contributed by atoms with E-state index in [1.807, 2.05) is 0 Å². The smallest absolute Gasteiger partial charge is 0.417 e. The largest absolute Gasteiger partial charge is 0.507 e. The van der Waals surface area contributed by atoms with Crippen molar-refractivity contribution in [2.75, 3.05) is 0 Å². The quantitative estimate of drug-likeness (QED) is 0.752. The molecule has 0 fully saturated rings. The molecule has 0 unspecified atom stereocenters. The van der Waals surface area contributed by atoms with Gasteiger partial charge in [0.1, 0.15) is 17.4 Å². The highest BCUT2D eigenvalue weighted by atomic mass is 19.4. The molecule has 1 N–H and O–H groups in total. The summed E-state index contributed by atoms with van der Waals surface area (Å²) in [6.07, 6.45) is -4.74. The van der Waals surface area contributed by atoms with Crippen LogP contribution in [-0.2, 0) is 6.18 Å². The number of carbonyl (C=O) groups excluding carboxylic acids is 1. The summed E-state index contributed by atoms with van der Waals surface area (Å²) in [6, 6.07) is 2.71. The summed E-state index contributed by atoms with van der Waals surface area (Å²) >= 11 is 0. The summed E-state index contributed by atoms with van der Waals surface area (Å²) in [5, 5.41) is 17.8. The Bertz CT molecular complexity index is 486. The maximum Gasteiger partial charge on any atom is 0.417 e. The van der Waals surface area contributed by atoms with Crippen molar-refractivity contribution in [2.45, 2.75) is 13.1 Å². The number of benzene rings is 1. The van der Waals surface area contributed by atoms with Crippen LogP contribution in [0.25, 0.3) is 0 Å². The molecule has 0 spiro atoms. The zero-order valence-electron chi connectivity index (χ0n) is 8.09. The Kier molecular flexibility index (Phi) is 2.90. The first-order valence-electron chi connectivity index (χ1n) is 4.13. The summed E-state index contributed by atoms with van der Waals surface area (Å²) in [5.74, 6) is -1.56. The Hall–Kier alpha value is -2.03. The second-order valence-corrected chi connectivity index (χ2v) is 3.05. The van der Waals surface area contributed by atoms with Crippen LogP contribution in [0.5, 0.6) is 5.75 Å². The van der Waals surface area contributed by atoms with E-state index >= 15 is 0 Å². The van der Waals surface area contributed by atoms with Crippen LogP contribution in [0.3, 0.4) is 0 Å². The lowest BCUT2D eigenvalue weighted by atomic mass is 9.97. The molecule has 0 aliphatic rings. The van der Waals surface area contributed by atoms with Gasteiger partial charge in [0.05, 0.1) is 11.1 Å². The number of rotatable bonds is 1. The minimum atomic E-state index is -4.74. The Labute approximate surface area is 88.7 Å². The Morgan fingerprint density at radius 2 is 2.00 bits per heavy atom. The van der Waals surface area contributed by atoms with Gasteiger partial charge in [-0.05, 0) is 19.1 Å². The Morgan fingerprint density at radius 3 is 2.38 bits per heavy atom. The summed E-state index contributed by atoms with van der Waals surface area (Å²) in [7, 11) is 0. The number of Topliss-reactive ketones (excluding diaryl/α,β-unsaturated/α-hetero) is 1. The number of phenolic OH excluding ortho intramolecular Hbond substituents is 1. The molecule has 0 saturated carbocycles. The zero-order valence-corrected chi connectivity index (χ0v) is 8.09. The SMILES string of the molecule is CC(=O)c1c(C(F)(F)F)ccc(O)c1C#N. The molecule has 0 atom stereocenters. The van der Waals surface area contributed by atoms with Gasteiger partial charge in [-0.25, -0.2) is 0 Å². The van der Waals surface area contributed by atoms with Crippen molar-refractivity contribution in [3.8, 4) is 11.8 Å². The van der Waals surface area contributed by atoms with E-state index in [1.54, 1.807) is 0 Å². The summed E-state index contributed by atoms with van der Waals surface area (Å²) in [4.78, 5) is 11.1. The molecule has 1 aromatic rings. The van der Waals surface area contributed by atoms with Crippen LogP contribution in [0.2, 0.25) is 0 Å². The Balaban J connectivity index is 3.67. The molecule has 0 radical (unpaired) electrons. The van der Waals surface area contributed by atoms with E-state index in [0.717, 1.165) is 13.0 Å². The minimum Gasteiger partial charge on any atom is -0.507 e. The van der Waals surface area contributed by atoms with E-state index in [0.29, 0.717) is 6.07 Å². The summed E-state index contributed by atoms with van der Waals surface area (Å²) in [5.41, 5.74) is -2.66. The van der Waals surface area contributed by atoms with Gasteiger partial charge in [-0.1, -0.05) is 0 Å². The molecule has 1 rings (SSSR count). The molecule has 1 aromatic carbocycles. The highest BCUT2D eigenvalue weighted by molar-refractivity contribution is 5.99. The first-order chi connectivity index (χ1) is 7.29. The van der Waals surface area contributed by atoms with Gasteiger partial charge in [0.15, 0.2) is 5.78 Å². The van der Waals surface area contributed by atoms with Crippen molar-refractivity contribution in [1.82, 2.24) is 0 Å². The average Bonchev–Trinajstić information content (AvgIpc) is 2.14. The lowest BCUT2D eigenvalue weighted by Crippen LogP contribution is -2.13. The standard InChI is InChI=1S/C10H6F3NO2/c1-5(15)9-6(4-14)8(16)3-2-7(9)10(11,12)13/h2-3,16H,1H3. The molecular formula is C10H6F3NO2. The molecule has 0 amide bonds. The van der Waals surface area contributed by atoms with Gasteiger partial charge in [0, 0.05) is 0 Å². The van der Waals surface area contributed by atoms with E-state index < -0.39 is 34.4 Å². The van der Waals surface area contributed by atoms with E-state index in [-0.39, 0.29) is 0 Å². The number of alkyl halides is 3. The highest BCUT2D eigenvalue weighted by Gasteiger charge is 2.36. The van der Waals surface area contributed by atoms with Crippen molar-refractivity contribution in [1.29, 1.82) is 5.26 Å². The number of aromatic hydroxyl groups is 1. The van der Waals surface area contributed by atoms with Crippen molar-refractivity contribution >= 4 is 5.78 Å². The van der Waals surface area contributed by atoms with Gasteiger partial charge in [-0.2, -0.15) is 18.4 Å². The lowest BCUT2D eigenvalue weighted by molar-refractivity contribution is -0.137. The number of hydrogen-bond acceptors (Lipinski definition) is 3. The number of phenols is 1. The molecule has 0 aliphatic heterocycles. The fraction of sp³-hybridized carbons (Fsp3) is 0.200. The molecule has 0 aromatic heterocycles. The number of halogens is 3. The number of nitrogens with zero attached hydrogens (tertiary/aromatic N) is 1. The normalized spacial score (nSPS) is 10.9. The molecule has 0 aliphatic carbocycles. The topological polar surface area (TPSA) is 61.1 Å². The van der Waals surface area contributed by atoms with Crippen molar-refractivity contribution in [3.05, 3.63) is 28.8 Å². The van der Waals surface area contributed by atoms with Crippen LogP contribution in [0.1, 0.15) is 28.4 Å². The van der Waals surface area contributed by atoms with Crippen LogP contribution in [-0.4, -0.2) is 10.9 Å². The molecule has 3 nitrogen and oxygen atoms in total. The Morgan fingerprint density at radius 1 is 1.44 bits per heavy atom. The number of nitriles is 1. The average molecular weight is 229 g/mol. The molecule has 16 heavy (non-hydrogen) atoms. The van der Waals surface area contributed by atoms with Crippen molar-refractivity contribution in [3.63, 3.8) is 0 Å². The van der Waals surface area contributed by atoms with Crippen LogP contribution in [0.15, 0.2) is 12.1 Å². The fourth-order valence-corrected chi connectivity index (χ4v) is 1.31. The third kappa shape index (κ3) is 1.98. The van der Waals surface area contributed by atoms with Crippen LogP contribution in [0.4, 0.5) is 13.2 Å².